The average Bonchev–Trinajstić information content (AvgIpc) is 3.32. The average molecular weight is 459 g/mol. The molecule has 1 aromatic heterocycles. The summed E-state index contributed by atoms with van der Waals surface area (Å²) >= 11 is 1.13. The maximum atomic E-state index is 13.7. The number of nitrogens with zero attached hydrogens (tertiary/aromatic N) is 2. The topological polar surface area (TPSA) is 70.5 Å². The van der Waals surface area contributed by atoms with Gasteiger partial charge in [-0.15, -0.1) is 0 Å². The van der Waals surface area contributed by atoms with Crippen molar-refractivity contribution in [2.24, 2.45) is 0 Å². The number of Topliss-reactive ketones (excluding diaryl/α,β-unsaturated/α-hetero) is 1. The third-order valence-corrected chi connectivity index (χ3v) is 6.73. The molecule has 1 atom stereocenters. The molecule has 0 radical (unpaired) electrons. The number of anilines is 1. The van der Waals surface area contributed by atoms with Gasteiger partial charge in [-0.1, -0.05) is 71.0 Å². The molecule has 1 aliphatic rings. The molecule has 7 heteroatoms. The summed E-state index contributed by atoms with van der Waals surface area (Å²) in [4.78, 5) is 32.2. The second kappa shape index (κ2) is 7.94. The molecule has 0 bridgehead atoms. The summed E-state index contributed by atoms with van der Waals surface area (Å²) in [7, 11) is 0. The molecule has 1 saturated heterocycles. The molecule has 1 N–H and O–H groups in total. The Morgan fingerprint density at radius 2 is 1.61 bits per heavy atom. The van der Waals surface area contributed by atoms with Crippen LogP contribution in [0.1, 0.15) is 28.3 Å². The standard InChI is InChI=1S/C26H19FN2O3S/c1-14-3-7-16(8-4-14)22-21(23(30)17-9-5-15(2)6-10-17)24(31)25(32)29(22)26-28-19-12-11-18(27)13-20(19)33-26/h3-13,22,30H,1-2H3/b23-21+/t22-/m0/s1. The fraction of sp³-hybridized carbons (Fsp3) is 0.115. The van der Waals surface area contributed by atoms with Crippen molar-refractivity contribution in [2.75, 3.05) is 4.90 Å². The minimum absolute atomic E-state index is 0.00172. The molecule has 0 spiro atoms. The van der Waals surface area contributed by atoms with E-state index in [2.05, 4.69) is 4.98 Å². The van der Waals surface area contributed by atoms with Gasteiger partial charge in [0.1, 0.15) is 11.6 Å². The van der Waals surface area contributed by atoms with Gasteiger partial charge < -0.3 is 5.11 Å². The van der Waals surface area contributed by atoms with Crippen LogP contribution in [-0.4, -0.2) is 21.8 Å². The zero-order valence-corrected chi connectivity index (χ0v) is 18.7. The summed E-state index contributed by atoms with van der Waals surface area (Å²) in [6.07, 6.45) is 0. The number of rotatable bonds is 3. The molecule has 1 amide bonds. The van der Waals surface area contributed by atoms with E-state index in [-0.39, 0.29) is 16.5 Å². The minimum atomic E-state index is -0.864. The Labute approximate surface area is 193 Å². The molecule has 5 nitrogen and oxygen atoms in total. The zero-order chi connectivity index (χ0) is 23.3. The van der Waals surface area contributed by atoms with Crippen molar-refractivity contribution in [1.29, 1.82) is 0 Å². The minimum Gasteiger partial charge on any atom is -0.507 e. The predicted molar refractivity (Wildman–Crippen MR) is 127 cm³/mol. The van der Waals surface area contributed by atoms with E-state index in [0.29, 0.717) is 21.3 Å². The van der Waals surface area contributed by atoms with Crippen LogP contribution in [-0.2, 0) is 9.59 Å². The number of aliphatic hydroxyl groups excluding tert-OH is 1. The van der Waals surface area contributed by atoms with E-state index in [1.165, 1.54) is 23.1 Å². The van der Waals surface area contributed by atoms with Crippen molar-refractivity contribution >= 4 is 44.1 Å². The summed E-state index contributed by atoms with van der Waals surface area (Å²) in [5, 5.41) is 11.4. The van der Waals surface area contributed by atoms with E-state index in [9.17, 15) is 19.1 Å². The van der Waals surface area contributed by atoms with Gasteiger partial charge in [0.05, 0.1) is 21.8 Å². The number of aliphatic hydroxyl groups is 1. The number of aromatic nitrogens is 1. The number of carbonyl (C=O) groups is 2. The Kier molecular flexibility index (Phi) is 5.06. The van der Waals surface area contributed by atoms with Crippen LogP contribution in [0.5, 0.6) is 0 Å². The largest absolute Gasteiger partial charge is 0.507 e. The number of benzene rings is 3. The number of hydrogen-bond donors (Lipinski definition) is 1. The Morgan fingerprint density at radius 1 is 0.970 bits per heavy atom. The molecule has 5 rings (SSSR count). The normalized spacial score (nSPS) is 17.8. The highest BCUT2D eigenvalue weighted by atomic mass is 32.1. The van der Waals surface area contributed by atoms with E-state index in [0.717, 1.165) is 22.5 Å². The Hall–Kier alpha value is -3.84. The lowest BCUT2D eigenvalue weighted by atomic mass is 9.94. The van der Waals surface area contributed by atoms with Crippen LogP contribution in [0.4, 0.5) is 9.52 Å². The molecule has 1 fully saturated rings. The van der Waals surface area contributed by atoms with Crippen LogP contribution in [0.2, 0.25) is 0 Å². The van der Waals surface area contributed by atoms with Gasteiger partial charge in [0, 0.05) is 5.56 Å². The van der Waals surface area contributed by atoms with E-state index in [4.69, 9.17) is 0 Å². The molecule has 1 aliphatic heterocycles. The Bertz CT molecular complexity index is 1440. The Balaban J connectivity index is 1.73. The molecule has 0 aliphatic carbocycles. The molecular weight excluding hydrogens is 439 g/mol. The first-order chi connectivity index (χ1) is 15.8. The summed E-state index contributed by atoms with van der Waals surface area (Å²) in [5.74, 6) is -2.22. The van der Waals surface area contributed by atoms with Gasteiger partial charge in [0.25, 0.3) is 5.78 Å². The molecule has 33 heavy (non-hydrogen) atoms. The first kappa shape index (κ1) is 21.0. The van der Waals surface area contributed by atoms with Crippen molar-refractivity contribution in [1.82, 2.24) is 4.98 Å². The first-order valence-electron chi connectivity index (χ1n) is 10.3. The summed E-state index contributed by atoms with van der Waals surface area (Å²) in [6, 6.07) is 17.8. The lowest BCUT2D eigenvalue weighted by Gasteiger charge is -2.23. The number of thiazole rings is 1. The van der Waals surface area contributed by atoms with Gasteiger partial charge in [-0.25, -0.2) is 9.37 Å². The molecule has 3 aromatic carbocycles. The van der Waals surface area contributed by atoms with Crippen LogP contribution < -0.4 is 4.90 Å². The second-order valence-corrected chi connectivity index (χ2v) is 9.06. The number of fused-ring (bicyclic) bond motifs is 1. The van der Waals surface area contributed by atoms with Crippen molar-refractivity contribution < 1.29 is 19.1 Å². The summed E-state index contributed by atoms with van der Waals surface area (Å²) in [5.41, 5.74) is 3.66. The molecule has 0 saturated carbocycles. The van der Waals surface area contributed by atoms with Gasteiger partial charge in [0.15, 0.2) is 5.13 Å². The quantitative estimate of drug-likeness (QED) is 0.244. The van der Waals surface area contributed by atoms with E-state index < -0.39 is 23.5 Å². The van der Waals surface area contributed by atoms with Gasteiger partial charge >= 0.3 is 5.91 Å². The maximum Gasteiger partial charge on any atom is 0.301 e. The fourth-order valence-electron chi connectivity index (χ4n) is 3.95. The van der Waals surface area contributed by atoms with Crippen molar-refractivity contribution in [3.63, 3.8) is 0 Å². The molecular formula is C26H19FN2O3S. The van der Waals surface area contributed by atoms with Gasteiger partial charge in [0.2, 0.25) is 0 Å². The number of ketones is 1. The van der Waals surface area contributed by atoms with Crippen LogP contribution >= 0.6 is 11.3 Å². The van der Waals surface area contributed by atoms with E-state index in [1.807, 2.05) is 50.2 Å². The van der Waals surface area contributed by atoms with E-state index >= 15 is 0 Å². The van der Waals surface area contributed by atoms with Gasteiger partial charge in [-0.05, 0) is 37.6 Å². The zero-order valence-electron chi connectivity index (χ0n) is 17.9. The van der Waals surface area contributed by atoms with Crippen molar-refractivity contribution in [2.45, 2.75) is 19.9 Å². The molecule has 2 heterocycles. The lowest BCUT2D eigenvalue weighted by Crippen LogP contribution is -2.29. The van der Waals surface area contributed by atoms with E-state index in [1.54, 1.807) is 12.1 Å². The Morgan fingerprint density at radius 3 is 2.27 bits per heavy atom. The van der Waals surface area contributed by atoms with Crippen LogP contribution in [0.15, 0.2) is 72.3 Å². The van der Waals surface area contributed by atoms with Crippen LogP contribution in [0.25, 0.3) is 16.0 Å². The van der Waals surface area contributed by atoms with Gasteiger partial charge in [-0.2, -0.15) is 0 Å². The summed E-state index contributed by atoms with van der Waals surface area (Å²) in [6.45, 7) is 3.86. The molecule has 164 valence electrons. The number of hydrogen-bond acceptors (Lipinski definition) is 5. The highest BCUT2D eigenvalue weighted by Crippen LogP contribution is 2.44. The predicted octanol–water partition coefficient (Wildman–Crippen LogP) is 5.68. The maximum absolute atomic E-state index is 13.7. The fourth-order valence-corrected chi connectivity index (χ4v) is 4.97. The summed E-state index contributed by atoms with van der Waals surface area (Å²) < 4.78 is 14.3. The number of carbonyl (C=O) groups excluding carboxylic acids is 2. The molecule has 0 unspecified atom stereocenters. The van der Waals surface area contributed by atoms with Crippen molar-refractivity contribution in [3.8, 4) is 0 Å². The van der Waals surface area contributed by atoms with Gasteiger partial charge in [-0.3, -0.25) is 14.5 Å². The SMILES string of the molecule is Cc1ccc(/C(O)=C2\C(=O)C(=O)N(c3nc4ccc(F)cc4s3)[C@H]2c2ccc(C)cc2)cc1. The third-order valence-electron chi connectivity index (χ3n) is 5.71. The second-order valence-electron chi connectivity index (χ2n) is 8.05. The van der Waals surface area contributed by atoms with Crippen molar-refractivity contribution in [3.05, 3.63) is 100 Å². The number of amides is 1. The molecule has 4 aromatic rings. The highest BCUT2D eigenvalue weighted by Gasteiger charge is 2.48. The van der Waals surface area contributed by atoms with Crippen LogP contribution in [0.3, 0.4) is 0 Å². The number of halogens is 1. The third kappa shape index (κ3) is 3.60. The van der Waals surface area contributed by atoms with Crippen LogP contribution in [0, 0.1) is 19.7 Å². The number of aryl methyl sites for hydroxylation is 2. The monoisotopic (exact) mass is 458 g/mol. The lowest BCUT2D eigenvalue weighted by molar-refractivity contribution is -0.132. The first-order valence-corrected chi connectivity index (χ1v) is 11.2. The smallest absolute Gasteiger partial charge is 0.301 e. The highest BCUT2D eigenvalue weighted by molar-refractivity contribution is 7.22.